The number of benzene rings is 3. The predicted molar refractivity (Wildman–Crippen MR) is 176 cm³/mol. The second kappa shape index (κ2) is 16.1. The standard InChI is InChI=1S/C31H31Cl2N5O5.ClH/c1-19-10-11-20-6-5-9-26(29(20)36-19)43-18-23-24(32)12-13-25(28(23)33)38(2)27(39)17-35-31(41)37-22-8-4-7-21(16-22)30(40)34-14-15-42-3;/h4-13,16H,14-15,17-18H2,1-3H3,(H,34,40)(H2,35,37,41);1H. The van der Waals surface area contributed by atoms with E-state index in [9.17, 15) is 14.4 Å². The Kier molecular flexibility index (Phi) is 12.6. The van der Waals surface area contributed by atoms with Gasteiger partial charge in [-0.3, -0.25) is 9.59 Å². The number of pyridine rings is 1. The summed E-state index contributed by atoms with van der Waals surface area (Å²) in [5.41, 5.74) is 3.24. The summed E-state index contributed by atoms with van der Waals surface area (Å²) in [6.07, 6.45) is 0. The molecule has 0 aliphatic rings. The molecular formula is C31H32Cl3N5O5. The van der Waals surface area contributed by atoms with Gasteiger partial charge in [0.25, 0.3) is 5.91 Å². The van der Waals surface area contributed by atoms with Crippen LogP contribution in [0.4, 0.5) is 16.2 Å². The van der Waals surface area contributed by atoms with Crippen molar-refractivity contribution in [3.8, 4) is 5.75 Å². The van der Waals surface area contributed by atoms with Gasteiger partial charge in [-0.15, -0.1) is 12.4 Å². The first-order valence-electron chi connectivity index (χ1n) is 13.3. The molecule has 0 aliphatic heterocycles. The number of rotatable bonds is 11. The molecule has 10 nitrogen and oxygen atoms in total. The Morgan fingerprint density at radius 3 is 2.52 bits per heavy atom. The van der Waals surface area contributed by atoms with Crippen LogP contribution >= 0.6 is 35.6 Å². The third-order valence-electron chi connectivity index (χ3n) is 6.47. The van der Waals surface area contributed by atoms with Crippen LogP contribution < -0.4 is 25.6 Å². The largest absolute Gasteiger partial charge is 0.487 e. The Balaban J connectivity index is 0.00000529. The molecule has 0 unspecified atom stereocenters. The van der Waals surface area contributed by atoms with Crippen LogP contribution in [0.3, 0.4) is 0 Å². The molecule has 0 saturated carbocycles. The SMILES string of the molecule is COCCNC(=O)c1cccc(NC(=O)NCC(=O)N(C)c2ccc(Cl)c(COc3cccc4ccc(C)nc34)c2Cl)c1.Cl. The molecule has 13 heteroatoms. The number of hydrogen-bond acceptors (Lipinski definition) is 6. The molecule has 3 aromatic carbocycles. The number of methoxy groups -OCH3 is 1. The van der Waals surface area contributed by atoms with Crippen molar-refractivity contribution in [3.63, 3.8) is 0 Å². The fourth-order valence-electron chi connectivity index (χ4n) is 4.15. The average Bonchev–Trinajstić information content (AvgIpc) is 2.99. The number of fused-ring (bicyclic) bond motifs is 1. The molecule has 0 fully saturated rings. The highest BCUT2D eigenvalue weighted by atomic mass is 35.5. The Bertz CT molecular complexity index is 1650. The molecule has 4 rings (SSSR count). The molecule has 4 amide bonds. The number of hydrogen-bond donors (Lipinski definition) is 3. The number of amides is 4. The van der Waals surface area contributed by atoms with E-state index in [-0.39, 0.29) is 36.5 Å². The second-order valence-electron chi connectivity index (χ2n) is 9.52. The molecule has 0 spiro atoms. The van der Waals surface area contributed by atoms with Gasteiger partial charge in [0.1, 0.15) is 17.9 Å². The zero-order valence-corrected chi connectivity index (χ0v) is 26.6. The lowest BCUT2D eigenvalue weighted by molar-refractivity contribution is -0.117. The molecule has 0 aliphatic carbocycles. The number of carbonyl (C=O) groups is 3. The number of urea groups is 1. The van der Waals surface area contributed by atoms with E-state index in [1.165, 1.54) is 11.0 Å². The Morgan fingerprint density at radius 2 is 1.75 bits per heavy atom. The summed E-state index contributed by atoms with van der Waals surface area (Å²) in [4.78, 5) is 43.6. The summed E-state index contributed by atoms with van der Waals surface area (Å²) < 4.78 is 11.0. The highest BCUT2D eigenvalue weighted by Gasteiger charge is 2.20. The van der Waals surface area contributed by atoms with Gasteiger partial charge < -0.3 is 30.3 Å². The minimum Gasteiger partial charge on any atom is -0.487 e. The van der Waals surface area contributed by atoms with Gasteiger partial charge in [0.15, 0.2) is 0 Å². The monoisotopic (exact) mass is 659 g/mol. The van der Waals surface area contributed by atoms with E-state index in [1.54, 1.807) is 44.5 Å². The van der Waals surface area contributed by atoms with Gasteiger partial charge in [-0.1, -0.05) is 47.5 Å². The maximum absolute atomic E-state index is 13.0. The molecule has 1 heterocycles. The van der Waals surface area contributed by atoms with Crippen LogP contribution in [0.2, 0.25) is 10.0 Å². The van der Waals surface area contributed by atoms with E-state index in [0.29, 0.717) is 46.4 Å². The number of likely N-dealkylation sites (N-methyl/N-ethyl adjacent to an activating group) is 1. The zero-order valence-electron chi connectivity index (χ0n) is 24.3. The molecule has 0 atom stereocenters. The van der Waals surface area contributed by atoms with Gasteiger partial charge in [-0.05, 0) is 49.4 Å². The first kappa shape index (κ1) is 34.4. The van der Waals surface area contributed by atoms with Crippen molar-refractivity contribution in [2.24, 2.45) is 0 Å². The van der Waals surface area contributed by atoms with Crippen molar-refractivity contribution in [2.75, 3.05) is 44.1 Å². The lowest BCUT2D eigenvalue weighted by Gasteiger charge is -2.21. The van der Waals surface area contributed by atoms with Crippen LogP contribution in [-0.4, -0.2) is 56.7 Å². The number of para-hydroxylation sites is 1. The molecule has 0 radical (unpaired) electrons. The fourth-order valence-corrected chi connectivity index (χ4v) is 4.76. The van der Waals surface area contributed by atoms with Gasteiger partial charge in [0, 0.05) is 53.6 Å². The first-order chi connectivity index (χ1) is 20.7. The molecule has 0 saturated heterocycles. The van der Waals surface area contributed by atoms with Crippen LogP contribution in [0, 0.1) is 6.92 Å². The summed E-state index contributed by atoms with van der Waals surface area (Å²) >= 11 is 13.2. The highest BCUT2D eigenvalue weighted by Crippen LogP contribution is 2.35. The first-order valence-corrected chi connectivity index (χ1v) is 14.1. The van der Waals surface area contributed by atoms with E-state index in [0.717, 1.165) is 16.6 Å². The summed E-state index contributed by atoms with van der Waals surface area (Å²) in [6.45, 7) is 2.38. The quantitative estimate of drug-likeness (QED) is 0.170. The van der Waals surface area contributed by atoms with E-state index in [4.69, 9.17) is 32.7 Å². The molecule has 232 valence electrons. The van der Waals surface area contributed by atoms with Crippen molar-refractivity contribution in [2.45, 2.75) is 13.5 Å². The van der Waals surface area contributed by atoms with Gasteiger partial charge in [-0.2, -0.15) is 0 Å². The van der Waals surface area contributed by atoms with Crippen molar-refractivity contribution >= 4 is 75.7 Å². The summed E-state index contributed by atoms with van der Waals surface area (Å²) in [6, 6.07) is 18.6. The lowest BCUT2D eigenvalue weighted by atomic mass is 10.1. The molecular weight excluding hydrogens is 629 g/mol. The molecule has 4 aromatic rings. The van der Waals surface area contributed by atoms with Crippen LogP contribution in [0.5, 0.6) is 5.75 Å². The molecule has 3 N–H and O–H groups in total. The van der Waals surface area contributed by atoms with E-state index in [2.05, 4.69) is 20.9 Å². The summed E-state index contributed by atoms with van der Waals surface area (Å²) in [5, 5.41) is 9.43. The number of aromatic nitrogens is 1. The lowest BCUT2D eigenvalue weighted by Crippen LogP contribution is -2.40. The van der Waals surface area contributed by atoms with E-state index < -0.39 is 11.9 Å². The second-order valence-corrected chi connectivity index (χ2v) is 10.3. The predicted octanol–water partition coefficient (Wildman–Crippen LogP) is 6.01. The fraction of sp³-hybridized carbons (Fsp3) is 0.226. The van der Waals surface area contributed by atoms with Crippen molar-refractivity contribution < 1.29 is 23.9 Å². The number of halogens is 3. The van der Waals surface area contributed by atoms with Crippen LogP contribution in [0.15, 0.2) is 66.7 Å². The van der Waals surface area contributed by atoms with Gasteiger partial charge in [-0.25, -0.2) is 9.78 Å². The third-order valence-corrected chi connectivity index (χ3v) is 7.25. The number of carbonyl (C=O) groups excluding carboxylic acids is 3. The number of nitrogens with one attached hydrogen (secondary N) is 3. The van der Waals surface area contributed by atoms with Crippen LogP contribution in [-0.2, 0) is 16.1 Å². The van der Waals surface area contributed by atoms with Crippen molar-refractivity contribution in [3.05, 3.63) is 93.6 Å². The Hall–Kier alpha value is -4.09. The minimum absolute atomic E-state index is 0. The number of aryl methyl sites for hydroxylation is 1. The summed E-state index contributed by atoms with van der Waals surface area (Å²) in [5.74, 6) is -0.145. The summed E-state index contributed by atoms with van der Waals surface area (Å²) in [7, 11) is 3.09. The molecule has 1 aromatic heterocycles. The number of ether oxygens (including phenoxy) is 2. The van der Waals surface area contributed by atoms with E-state index in [1.807, 2.05) is 37.3 Å². The zero-order chi connectivity index (χ0) is 30.9. The van der Waals surface area contributed by atoms with Crippen molar-refractivity contribution in [1.82, 2.24) is 15.6 Å². The van der Waals surface area contributed by atoms with Crippen molar-refractivity contribution in [1.29, 1.82) is 0 Å². The van der Waals surface area contributed by atoms with Crippen LogP contribution in [0.25, 0.3) is 10.9 Å². The van der Waals surface area contributed by atoms with Gasteiger partial charge in [0.2, 0.25) is 5.91 Å². The minimum atomic E-state index is -0.617. The normalized spacial score (nSPS) is 10.5. The maximum atomic E-state index is 13.0. The van der Waals surface area contributed by atoms with Crippen LogP contribution in [0.1, 0.15) is 21.6 Å². The topological polar surface area (TPSA) is 122 Å². The molecule has 0 bridgehead atoms. The number of nitrogens with zero attached hydrogens (tertiary/aromatic N) is 2. The van der Waals surface area contributed by atoms with E-state index >= 15 is 0 Å². The highest BCUT2D eigenvalue weighted by molar-refractivity contribution is 6.38. The Labute approximate surface area is 271 Å². The molecule has 44 heavy (non-hydrogen) atoms. The van der Waals surface area contributed by atoms with Gasteiger partial charge >= 0.3 is 6.03 Å². The van der Waals surface area contributed by atoms with Gasteiger partial charge in [0.05, 0.1) is 23.9 Å². The Morgan fingerprint density at radius 1 is 0.977 bits per heavy atom. The maximum Gasteiger partial charge on any atom is 0.319 e. The smallest absolute Gasteiger partial charge is 0.319 e. The number of anilines is 2. The third kappa shape index (κ3) is 8.73. The average molecular weight is 661 g/mol.